The van der Waals surface area contributed by atoms with E-state index in [2.05, 4.69) is 5.32 Å². The van der Waals surface area contributed by atoms with Crippen LogP contribution in [-0.4, -0.2) is 43.2 Å². The first-order valence-corrected chi connectivity index (χ1v) is 10.8. The number of aryl methyl sites for hydroxylation is 2. The number of hydrogen-bond donors (Lipinski definition) is 3. The third-order valence-corrected chi connectivity index (χ3v) is 6.40. The molecule has 0 radical (unpaired) electrons. The molecule has 1 aromatic heterocycles. The van der Waals surface area contributed by atoms with Crippen molar-refractivity contribution >= 4 is 45.2 Å². The number of carbonyl (C=O) groups excluding carboxylic acids is 1. The lowest BCUT2D eigenvalue weighted by Gasteiger charge is -2.17. The van der Waals surface area contributed by atoms with Crippen LogP contribution in [0.1, 0.15) is 27.7 Å². The standard InChI is InChI=1S/C21H21ClN2O5S/c1-12-7-16(22)15-9-19(24(2)18(15)8-12)21(28)23-17(10-25)13-3-5-14(6-4-13)30(29)11-20(26)27/h3-9,17,25H,10-11H2,1-2H3,(H,23,28)(H,26,27)/t17-,30?/m1/s1. The maximum absolute atomic E-state index is 12.9. The van der Waals surface area contributed by atoms with Crippen LogP contribution in [0.4, 0.5) is 0 Å². The molecule has 0 saturated carbocycles. The highest BCUT2D eigenvalue weighted by atomic mass is 35.5. The van der Waals surface area contributed by atoms with Crippen LogP contribution in [0.25, 0.3) is 10.9 Å². The second kappa shape index (κ2) is 8.99. The quantitative estimate of drug-likeness (QED) is 0.515. The molecule has 3 rings (SSSR count). The Balaban J connectivity index is 1.82. The molecule has 9 heteroatoms. The first kappa shape index (κ1) is 22.0. The van der Waals surface area contributed by atoms with E-state index in [0.29, 0.717) is 21.2 Å². The monoisotopic (exact) mass is 448 g/mol. The third-order valence-electron chi connectivity index (χ3n) is 4.78. The Labute approximate surface area is 180 Å². The van der Waals surface area contributed by atoms with E-state index >= 15 is 0 Å². The Kier molecular flexibility index (Phi) is 6.60. The molecule has 0 spiro atoms. The zero-order valence-electron chi connectivity index (χ0n) is 16.4. The van der Waals surface area contributed by atoms with Gasteiger partial charge in [0, 0.05) is 17.3 Å². The van der Waals surface area contributed by atoms with Crippen LogP contribution in [0.2, 0.25) is 5.02 Å². The Morgan fingerprint density at radius 1 is 1.20 bits per heavy atom. The van der Waals surface area contributed by atoms with Crippen molar-refractivity contribution in [2.45, 2.75) is 17.9 Å². The number of nitrogens with one attached hydrogen (secondary N) is 1. The lowest BCUT2D eigenvalue weighted by Crippen LogP contribution is -2.32. The highest BCUT2D eigenvalue weighted by Crippen LogP contribution is 2.28. The van der Waals surface area contributed by atoms with Crippen molar-refractivity contribution in [1.29, 1.82) is 0 Å². The van der Waals surface area contributed by atoms with Gasteiger partial charge < -0.3 is 20.1 Å². The molecule has 158 valence electrons. The number of fused-ring (bicyclic) bond motifs is 1. The van der Waals surface area contributed by atoms with Gasteiger partial charge in [-0.15, -0.1) is 0 Å². The second-order valence-corrected chi connectivity index (χ2v) is 8.79. The predicted molar refractivity (Wildman–Crippen MR) is 115 cm³/mol. The van der Waals surface area contributed by atoms with Crippen LogP contribution in [0.5, 0.6) is 0 Å². The van der Waals surface area contributed by atoms with Gasteiger partial charge in [-0.1, -0.05) is 23.7 Å². The number of hydrogen-bond acceptors (Lipinski definition) is 4. The molecule has 7 nitrogen and oxygen atoms in total. The van der Waals surface area contributed by atoms with E-state index in [1.54, 1.807) is 29.8 Å². The zero-order valence-corrected chi connectivity index (χ0v) is 18.0. The molecule has 0 bridgehead atoms. The van der Waals surface area contributed by atoms with E-state index in [-0.39, 0.29) is 12.5 Å². The minimum absolute atomic E-state index is 0.340. The fraction of sp³-hybridized carbons (Fsp3) is 0.238. The number of aliphatic hydroxyl groups is 1. The molecule has 30 heavy (non-hydrogen) atoms. The first-order chi connectivity index (χ1) is 14.2. The van der Waals surface area contributed by atoms with Gasteiger partial charge in [-0.2, -0.15) is 0 Å². The Hall–Kier alpha value is -2.68. The predicted octanol–water partition coefficient (Wildman–Crippen LogP) is 2.80. The van der Waals surface area contributed by atoms with E-state index < -0.39 is 28.6 Å². The zero-order chi connectivity index (χ0) is 22.0. The van der Waals surface area contributed by atoms with Crippen molar-refractivity contribution in [2.24, 2.45) is 7.05 Å². The van der Waals surface area contributed by atoms with Crippen LogP contribution in [0.15, 0.2) is 47.4 Å². The normalized spacial score (nSPS) is 13.2. The van der Waals surface area contributed by atoms with E-state index in [1.165, 1.54) is 12.1 Å². The van der Waals surface area contributed by atoms with Crippen molar-refractivity contribution in [3.63, 3.8) is 0 Å². The van der Waals surface area contributed by atoms with Crippen LogP contribution in [0, 0.1) is 6.92 Å². The van der Waals surface area contributed by atoms with Gasteiger partial charge in [-0.05, 0) is 48.4 Å². The van der Waals surface area contributed by atoms with Gasteiger partial charge in [0.2, 0.25) is 0 Å². The number of amides is 1. The molecular formula is C21H21ClN2O5S. The number of carbonyl (C=O) groups is 2. The third kappa shape index (κ3) is 4.56. The molecule has 0 saturated heterocycles. The molecular weight excluding hydrogens is 428 g/mol. The average molecular weight is 449 g/mol. The lowest BCUT2D eigenvalue weighted by atomic mass is 10.1. The summed E-state index contributed by atoms with van der Waals surface area (Å²) in [6, 6.07) is 11.1. The van der Waals surface area contributed by atoms with Gasteiger partial charge in [0.05, 0.1) is 34.0 Å². The Morgan fingerprint density at radius 3 is 2.47 bits per heavy atom. The first-order valence-electron chi connectivity index (χ1n) is 9.08. The number of benzene rings is 2. The highest BCUT2D eigenvalue weighted by molar-refractivity contribution is 7.85. The molecule has 1 heterocycles. The van der Waals surface area contributed by atoms with E-state index in [1.807, 2.05) is 19.1 Å². The van der Waals surface area contributed by atoms with Crippen LogP contribution >= 0.6 is 11.6 Å². The van der Waals surface area contributed by atoms with Gasteiger partial charge in [0.15, 0.2) is 0 Å². The van der Waals surface area contributed by atoms with Crippen molar-refractivity contribution < 1.29 is 24.0 Å². The number of aliphatic hydroxyl groups excluding tert-OH is 1. The molecule has 3 aromatic rings. The van der Waals surface area contributed by atoms with Crippen molar-refractivity contribution in [3.05, 3.63) is 64.3 Å². The summed E-state index contributed by atoms with van der Waals surface area (Å²) in [6.07, 6.45) is 0. The number of carboxylic acid groups (broad SMARTS) is 1. The molecule has 0 aliphatic rings. The summed E-state index contributed by atoms with van der Waals surface area (Å²) >= 11 is 6.31. The topological polar surface area (TPSA) is 109 Å². The largest absolute Gasteiger partial charge is 0.481 e. The molecule has 2 aromatic carbocycles. The number of nitrogens with zero attached hydrogens (tertiary/aromatic N) is 1. The lowest BCUT2D eigenvalue weighted by molar-refractivity contribution is -0.133. The molecule has 1 unspecified atom stereocenters. The molecule has 0 fully saturated rings. The van der Waals surface area contributed by atoms with Gasteiger partial charge >= 0.3 is 5.97 Å². The Bertz CT molecular complexity index is 1140. The average Bonchev–Trinajstić information content (AvgIpc) is 3.02. The summed E-state index contributed by atoms with van der Waals surface area (Å²) in [4.78, 5) is 23.9. The minimum Gasteiger partial charge on any atom is -0.481 e. The second-order valence-electron chi connectivity index (χ2n) is 6.93. The molecule has 0 aliphatic heterocycles. The summed E-state index contributed by atoms with van der Waals surface area (Å²) in [7, 11) is 0.112. The number of aliphatic carboxylic acids is 1. The Morgan fingerprint density at radius 2 is 1.87 bits per heavy atom. The fourth-order valence-electron chi connectivity index (χ4n) is 3.25. The van der Waals surface area contributed by atoms with Crippen molar-refractivity contribution in [1.82, 2.24) is 9.88 Å². The van der Waals surface area contributed by atoms with Gasteiger partial charge in [-0.3, -0.25) is 13.8 Å². The maximum atomic E-state index is 12.9. The number of carboxylic acids is 1. The minimum atomic E-state index is -1.66. The van der Waals surface area contributed by atoms with Crippen LogP contribution in [-0.2, 0) is 22.6 Å². The van der Waals surface area contributed by atoms with E-state index in [0.717, 1.165) is 16.5 Å². The molecule has 3 N–H and O–H groups in total. The number of rotatable bonds is 7. The maximum Gasteiger partial charge on any atom is 0.316 e. The van der Waals surface area contributed by atoms with Gasteiger partial charge in [-0.25, -0.2) is 0 Å². The van der Waals surface area contributed by atoms with Crippen molar-refractivity contribution in [3.8, 4) is 0 Å². The van der Waals surface area contributed by atoms with Crippen LogP contribution in [0.3, 0.4) is 0 Å². The number of halogens is 1. The summed E-state index contributed by atoms with van der Waals surface area (Å²) < 4.78 is 13.7. The molecule has 2 atom stereocenters. The van der Waals surface area contributed by atoms with E-state index in [4.69, 9.17) is 16.7 Å². The summed E-state index contributed by atoms with van der Waals surface area (Å²) in [5, 5.41) is 22.7. The molecule has 0 aliphatic carbocycles. The summed E-state index contributed by atoms with van der Waals surface area (Å²) in [6.45, 7) is 1.58. The van der Waals surface area contributed by atoms with Crippen LogP contribution < -0.4 is 5.32 Å². The SMILES string of the molecule is Cc1cc(Cl)c2cc(C(=O)N[C@H](CO)c3ccc(S(=O)CC(=O)O)cc3)n(C)c2c1. The summed E-state index contributed by atoms with van der Waals surface area (Å²) in [5.41, 5.74) is 2.81. The fourth-order valence-corrected chi connectivity index (χ4v) is 4.40. The summed E-state index contributed by atoms with van der Waals surface area (Å²) in [5.74, 6) is -2.01. The van der Waals surface area contributed by atoms with E-state index in [9.17, 15) is 18.9 Å². The molecule has 1 amide bonds. The van der Waals surface area contributed by atoms with Gasteiger partial charge in [0.25, 0.3) is 5.91 Å². The highest BCUT2D eigenvalue weighted by Gasteiger charge is 2.20. The van der Waals surface area contributed by atoms with Crippen molar-refractivity contribution in [2.75, 3.05) is 12.4 Å². The number of aromatic nitrogens is 1. The van der Waals surface area contributed by atoms with Gasteiger partial charge in [0.1, 0.15) is 11.4 Å². The smallest absolute Gasteiger partial charge is 0.316 e.